The van der Waals surface area contributed by atoms with Gasteiger partial charge in [0.1, 0.15) is 0 Å². The predicted molar refractivity (Wildman–Crippen MR) is 69.9 cm³/mol. The Bertz CT molecular complexity index is 547. The van der Waals surface area contributed by atoms with Gasteiger partial charge in [0.05, 0.1) is 11.1 Å². The Balaban J connectivity index is 2.85. The summed E-state index contributed by atoms with van der Waals surface area (Å²) < 4.78 is 2.14. The van der Waals surface area contributed by atoms with Gasteiger partial charge >= 0.3 is 0 Å². The molecule has 0 saturated carbocycles. The quantitative estimate of drug-likeness (QED) is 0.809. The summed E-state index contributed by atoms with van der Waals surface area (Å²) in [4.78, 5) is 0. The van der Waals surface area contributed by atoms with Crippen LogP contribution in [0, 0.1) is 6.92 Å². The third-order valence-corrected chi connectivity index (χ3v) is 3.45. The van der Waals surface area contributed by atoms with Crippen molar-refractivity contribution in [3.8, 4) is 0 Å². The van der Waals surface area contributed by atoms with Crippen molar-refractivity contribution in [2.24, 2.45) is 12.8 Å². The zero-order valence-electron chi connectivity index (χ0n) is 10.1. The summed E-state index contributed by atoms with van der Waals surface area (Å²) in [7, 11) is 2.04. The van der Waals surface area contributed by atoms with Crippen molar-refractivity contribution in [2.45, 2.75) is 26.3 Å². The second-order valence-corrected chi connectivity index (χ2v) is 5.33. The molecule has 0 radical (unpaired) electrons. The van der Waals surface area contributed by atoms with Crippen LogP contribution in [-0.2, 0) is 12.6 Å². The molecule has 2 aromatic rings. The highest BCUT2D eigenvalue weighted by molar-refractivity contribution is 6.32. The van der Waals surface area contributed by atoms with E-state index in [2.05, 4.69) is 10.6 Å². The third-order valence-electron chi connectivity index (χ3n) is 3.05. The fourth-order valence-electron chi connectivity index (χ4n) is 2.24. The lowest BCUT2D eigenvalue weighted by molar-refractivity contribution is 0.516. The number of rotatable bonds is 1. The van der Waals surface area contributed by atoms with Crippen molar-refractivity contribution >= 4 is 22.5 Å². The van der Waals surface area contributed by atoms with Crippen molar-refractivity contribution in [1.29, 1.82) is 0 Å². The number of nitrogens with two attached hydrogens (primary N) is 1. The number of nitrogens with zero attached hydrogens (tertiary/aromatic N) is 1. The van der Waals surface area contributed by atoms with E-state index in [1.54, 1.807) is 0 Å². The molecule has 2 N–H and O–H groups in total. The molecule has 16 heavy (non-hydrogen) atoms. The molecule has 0 atom stereocenters. The summed E-state index contributed by atoms with van der Waals surface area (Å²) in [5.74, 6) is 0. The molecular formula is C13H17ClN2. The molecule has 0 fully saturated rings. The predicted octanol–water partition coefficient (Wildman–Crippen LogP) is 3.33. The Labute approximate surface area is 101 Å². The maximum atomic E-state index is 6.16. The van der Waals surface area contributed by atoms with E-state index in [4.69, 9.17) is 17.3 Å². The van der Waals surface area contributed by atoms with Gasteiger partial charge in [-0.25, -0.2) is 0 Å². The third kappa shape index (κ3) is 1.62. The Hall–Kier alpha value is -0.990. The molecule has 2 nitrogen and oxygen atoms in total. The number of aromatic nitrogens is 1. The van der Waals surface area contributed by atoms with Crippen LogP contribution in [0.5, 0.6) is 0 Å². The Morgan fingerprint density at radius 2 is 1.94 bits per heavy atom. The van der Waals surface area contributed by atoms with Crippen LogP contribution in [0.25, 0.3) is 10.9 Å². The first-order valence-electron chi connectivity index (χ1n) is 5.36. The minimum Gasteiger partial charge on any atom is -0.346 e. The average Bonchev–Trinajstić information content (AvgIpc) is 2.50. The minimum atomic E-state index is -0.341. The van der Waals surface area contributed by atoms with Crippen LogP contribution in [0.3, 0.4) is 0 Å². The van der Waals surface area contributed by atoms with Crippen molar-refractivity contribution in [2.75, 3.05) is 0 Å². The van der Waals surface area contributed by atoms with Crippen LogP contribution >= 0.6 is 11.6 Å². The fourth-order valence-corrected chi connectivity index (χ4v) is 2.39. The zero-order valence-corrected chi connectivity index (χ0v) is 10.9. The van der Waals surface area contributed by atoms with Gasteiger partial charge in [-0.05, 0) is 38.5 Å². The van der Waals surface area contributed by atoms with Gasteiger partial charge in [-0.2, -0.15) is 0 Å². The minimum absolute atomic E-state index is 0.341. The highest BCUT2D eigenvalue weighted by Gasteiger charge is 2.20. The monoisotopic (exact) mass is 236 g/mol. The van der Waals surface area contributed by atoms with E-state index in [-0.39, 0.29) is 5.54 Å². The lowest BCUT2D eigenvalue weighted by Crippen LogP contribution is -2.30. The average molecular weight is 237 g/mol. The van der Waals surface area contributed by atoms with E-state index in [1.807, 2.05) is 40.0 Å². The van der Waals surface area contributed by atoms with Gasteiger partial charge in [-0.15, -0.1) is 0 Å². The maximum absolute atomic E-state index is 6.16. The summed E-state index contributed by atoms with van der Waals surface area (Å²) in [6.07, 6.45) is 0. The molecule has 1 heterocycles. The smallest absolute Gasteiger partial charge is 0.0525 e. The van der Waals surface area contributed by atoms with Gasteiger partial charge in [-0.3, -0.25) is 0 Å². The van der Waals surface area contributed by atoms with Crippen molar-refractivity contribution in [1.82, 2.24) is 4.57 Å². The van der Waals surface area contributed by atoms with Crippen LogP contribution in [0.1, 0.15) is 25.1 Å². The first kappa shape index (κ1) is 11.5. The number of benzene rings is 1. The lowest BCUT2D eigenvalue weighted by Gasteiger charge is -2.20. The molecule has 3 heteroatoms. The molecule has 0 amide bonds. The van der Waals surface area contributed by atoms with E-state index in [9.17, 15) is 0 Å². The molecule has 0 aliphatic rings. The number of halogens is 1. The second-order valence-electron chi connectivity index (χ2n) is 4.92. The fraction of sp³-hybridized carbons (Fsp3) is 0.385. The second kappa shape index (κ2) is 3.51. The first-order valence-corrected chi connectivity index (χ1v) is 5.74. The van der Waals surface area contributed by atoms with Crippen molar-refractivity contribution in [3.63, 3.8) is 0 Å². The van der Waals surface area contributed by atoms with Crippen molar-refractivity contribution < 1.29 is 0 Å². The van der Waals surface area contributed by atoms with Gasteiger partial charge in [0, 0.05) is 23.2 Å². The number of hydrogen-bond acceptors (Lipinski definition) is 1. The van der Waals surface area contributed by atoms with E-state index < -0.39 is 0 Å². The van der Waals surface area contributed by atoms with Gasteiger partial charge in [0.15, 0.2) is 0 Å². The van der Waals surface area contributed by atoms with Gasteiger partial charge < -0.3 is 10.3 Å². The Morgan fingerprint density at radius 3 is 2.50 bits per heavy atom. The van der Waals surface area contributed by atoms with Crippen LogP contribution in [-0.4, -0.2) is 4.57 Å². The largest absolute Gasteiger partial charge is 0.346 e. The molecule has 0 aliphatic heterocycles. The highest BCUT2D eigenvalue weighted by Crippen LogP contribution is 2.30. The van der Waals surface area contributed by atoms with Crippen molar-refractivity contribution in [3.05, 3.63) is 34.5 Å². The van der Waals surface area contributed by atoms with Gasteiger partial charge in [0.25, 0.3) is 0 Å². The Morgan fingerprint density at radius 1 is 1.31 bits per heavy atom. The van der Waals surface area contributed by atoms with E-state index in [0.29, 0.717) is 0 Å². The first-order chi connectivity index (χ1) is 7.32. The molecule has 0 aliphatic carbocycles. The normalized spacial score (nSPS) is 12.4. The van der Waals surface area contributed by atoms with Crippen LogP contribution < -0.4 is 5.73 Å². The Kier molecular flexibility index (Phi) is 2.52. The number of fused-ring (bicyclic) bond motifs is 1. The number of hydrogen-bond donors (Lipinski definition) is 1. The standard InChI is InChI=1S/C13H17ClN2/c1-8-10(14)6-5-9-7-11(13(2,3)15)16(4)12(8)9/h5-7H,15H2,1-4H3. The lowest BCUT2D eigenvalue weighted by atomic mass is 10.0. The maximum Gasteiger partial charge on any atom is 0.0525 e. The molecular weight excluding hydrogens is 220 g/mol. The van der Waals surface area contributed by atoms with E-state index in [0.717, 1.165) is 16.3 Å². The molecule has 0 unspecified atom stereocenters. The molecule has 0 saturated heterocycles. The summed E-state index contributed by atoms with van der Waals surface area (Å²) in [6.45, 7) is 6.06. The van der Waals surface area contributed by atoms with E-state index >= 15 is 0 Å². The zero-order chi connectivity index (χ0) is 12.1. The van der Waals surface area contributed by atoms with Crippen LogP contribution in [0.2, 0.25) is 5.02 Å². The topological polar surface area (TPSA) is 30.9 Å². The van der Waals surface area contributed by atoms with E-state index in [1.165, 1.54) is 10.9 Å². The van der Waals surface area contributed by atoms with Gasteiger partial charge in [-0.1, -0.05) is 17.7 Å². The molecule has 86 valence electrons. The molecule has 1 aromatic heterocycles. The highest BCUT2D eigenvalue weighted by atomic mass is 35.5. The summed E-state index contributed by atoms with van der Waals surface area (Å²) in [5, 5.41) is 1.99. The molecule has 2 rings (SSSR count). The number of aryl methyl sites for hydroxylation is 2. The molecule has 1 aromatic carbocycles. The summed E-state index contributed by atoms with van der Waals surface area (Å²) in [5.41, 5.74) is 9.21. The van der Waals surface area contributed by atoms with Gasteiger partial charge in [0.2, 0.25) is 0 Å². The summed E-state index contributed by atoms with van der Waals surface area (Å²) in [6, 6.07) is 6.12. The molecule has 0 bridgehead atoms. The van der Waals surface area contributed by atoms with Crippen LogP contribution in [0.15, 0.2) is 18.2 Å². The molecule has 0 spiro atoms. The summed E-state index contributed by atoms with van der Waals surface area (Å²) >= 11 is 6.14. The SMILES string of the molecule is Cc1c(Cl)ccc2cc(C(C)(C)N)n(C)c12. The van der Waals surface area contributed by atoms with Crippen LogP contribution in [0.4, 0.5) is 0 Å².